The van der Waals surface area contributed by atoms with E-state index in [1.165, 1.54) is 4.90 Å². The number of amides is 3. The fourth-order valence-electron chi connectivity index (χ4n) is 3.32. The minimum absolute atomic E-state index is 0.0807. The molecule has 0 aromatic rings. The van der Waals surface area contributed by atoms with E-state index in [0.29, 0.717) is 12.8 Å². The van der Waals surface area contributed by atoms with Crippen LogP contribution >= 0.6 is 0 Å². The fourth-order valence-corrected chi connectivity index (χ4v) is 3.32. The van der Waals surface area contributed by atoms with Crippen molar-refractivity contribution in [3.05, 3.63) is 0 Å². The molecule has 21 heavy (non-hydrogen) atoms. The van der Waals surface area contributed by atoms with Crippen LogP contribution in [0.5, 0.6) is 0 Å². The van der Waals surface area contributed by atoms with Crippen LogP contribution in [0, 0.1) is 34.5 Å². The molecule has 112 valence electrons. The number of rotatable bonds is 4. The van der Waals surface area contributed by atoms with Gasteiger partial charge in [0.05, 0.1) is 18.1 Å². The summed E-state index contributed by atoms with van der Waals surface area (Å²) in [5, 5.41) is 20.6. The van der Waals surface area contributed by atoms with Gasteiger partial charge in [-0.2, -0.15) is 10.5 Å². The van der Waals surface area contributed by atoms with Crippen LogP contribution in [0.1, 0.15) is 45.4 Å². The SMILES string of the molecule is CC1CCCCC12NC(=O)N(CC(C#N)CCC#N)C2=O. The van der Waals surface area contributed by atoms with E-state index in [1.54, 1.807) is 0 Å². The van der Waals surface area contributed by atoms with Crippen molar-refractivity contribution in [3.63, 3.8) is 0 Å². The van der Waals surface area contributed by atoms with Gasteiger partial charge in [-0.05, 0) is 25.2 Å². The first kappa shape index (κ1) is 15.3. The number of carbonyl (C=O) groups is 2. The van der Waals surface area contributed by atoms with Gasteiger partial charge in [-0.3, -0.25) is 9.69 Å². The standard InChI is InChI=1S/C15H20N4O2/c1-11-5-2-3-7-15(11)13(20)19(14(21)18-15)10-12(9-17)6-4-8-16/h11-12H,2-7,10H2,1H3,(H,18,21). The first-order valence-corrected chi connectivity index (χ1v) is 7.46. The van der Waals surface area contributed by atoms with Crippen molar-refractivity contribution in [1.82, 2.24) is 10.2 Å². The highest BCUT2D eigenvalue weighted by Gasteiger charge is 2.54. The van der Waals surface area contributed by atoms with Gasteiger partial charge in [0, 0.05) is 13.0 Å². The Hall–Kier alpha value is -2.08. The molecule has 3 unspecified atom stereocenters. The summed E-state index contributed by atoms with van der Waals surface area (Å²) in [5.41, 5.74) is -0.773. The Kier molecular flexibility index (Phi) is 4.47. The van der Waals surface area contributed by atoms with Gasteiger partial charge in [0.2, 0.25) is 0 Å². The summed E-state index contributed by atoms with van der Waals surface area (Å²) >= 11 is 0. The number of hydrogen-bond donors (Lipinski definition) is 1. The van der Waals surface area contributed by atoms with Gasteiger partial charge in [-0.1, -0.05) is 19.8 Å². The molecule has 0 bridgehead atoms. The highest BCUT2D eigenvalue weighted by atomic mass is 16.2. The van der Waals surface area contributed by atoms with Crippen LogP contribution in [0.25, 0.3) is 0 Å². The summed E-state index contributed by atoms with van der Waals surface area (Å²) in [5.74, 6) is -0.558. The van der Waals surface area contributed by atoms with Gasteiger partial charge in [0.15, 0.2) is 0 Å². The lowest BCUT2D eigenvalue weighted by Crippen LogP contribution is -2.54. The van der Waals surface area contributed by atoms with Crippen molar-refractivity contribution >= 4 is 11.9 Å². The highest BCUT2D eigenvalue weighted by Crippen LogP contribution is 2.38. The molecule has 3 amide bonds. The third-order valence-electron chi connectivity index (χ3n) is 4.69. The lowest BCUT2D eigenvalue weighted by molar-refractivity contribution is -0.134. The number of urea groups is 1. The Morgan fingerprint density at radius 2 is 2.19 bits per heavy atom. The molecule has 1 spiro atoms. The van der Waals surface area contributed by atoms with E-state index in [-0.39, 0.29) is 24.8 Å². The largest absolute Gasteiger partial charge is 0.325 e. The van der Waals surface area contributed by atoms with Gasteiger partial charge in [-0.15, -0.1) is 0 Å². The van der Waals surface area contributed by atoms with E-state index >= 15 is 0 Å². The van der Waals surface area contributed by atoms with Crippen molar-refractivity contribution in [2.45, 2.75) is 51.0 Å². The molecule has 1 aliphatic heterocycles. The van der Waals surface area contributed by atoms with E-state index in [2.05, 4.69) is 11.4 Å². The highest BCUT2D eigenvalue weighted by molar-refractivity contribution is 6.07. The van der Waals surface area contributed by atoms with Crippen LogP contribution in [0.3, 0.4) is 0 Å². The predicted molar refractivity (Wildman–Crippen MR) is 74.6 cm³/mol. The van der Waals surface area contributed by atoms with Crippen LogP contribution in [0.15, 0.2) is 0 Å². The monoisotopic (exact) mass is 288 g/mol. The van der Waals surface area contributed by atoms with Crippen LogP contribution in [0.2, 0.25) is 0 Å². The summed E-state index contributed by atoms with van der Waals surface area (Å²) in [6, 6.07) is 3.67. The van der Waals surface area contributed by atoms with Crippen LogP contribution in [-0.4, -0.2) is 28.9 Å². The average molecular weight is 288 g/mol. The van der Waals surface area contributed by atoms with E-state index in [9.17, 15) is 9.59 Å². The topological polar surface area (TPSA) is 97.0 Å². The molecule has 0 aromatic carbocycles. The molecular formula is C15H20N4O2. The number of nitrogens with one attached hydrogen (secondary N) is 1. The zero-order valence-corrected chi connectivity index (χ0v) is 12.3. The molecule has 6 nitrogen and oxygen atoms in total. The van der Waals surface area contributed by atoms with Crippen molar-refractivity contribution < 1.29 is 9.59 Å². The molecule has 3 atom stereocenters. The summed E-state index contributed by atoms with van der Waals surface area (Å²) in [4.78, 5) is 26.0. The molecule has 0 aromatic heterocycles. The van der Waals surface area contributed by atoms with Crippen LogP contribution in [0.4, 0.5) is 4.79 Å². The third-order valence-corrected chi connectivity index (χ3v) is 4.69. The Bertz CT molecular complexity index is 519. The van der Waals surface area contributed by atoms with Gasteiger partial charge in [0.1, 0.15) is 5.54 Å². The first-order chi connectivity index (χ1) is 10.0. The Labute approximate surface area is 124 Å². The zero-order valence-electron chi connectivity index (χ0n) is 12.3. The van der Waals surface area contributed by atoms with Gasteiger partial charge in [0.25, 0.3) is 5.91 Å². The Morgan fingerprint density at radius 3 is 2.81 bits per heavy atom. The van der Waals surface area contributed by atoms with E-state index < -0.39 is 17.5 Å². The summed E-state index contributed by atoms with van der Waals surface area (Å²) in [6.45, 7) is 2.08. The number of nitriles is 2. The van der Waals surface area contributed by atoms with E-state index in [1.807, 2.05) is 13.0 Å². The second-order valence-corrected chi connectivity index (χ2v) is 5.99. The van der Waals surface area contributed by atoms with Gasteiger partial charge >= 0.3 is 6.03 Å². The van der Waals surface area contributed by atoms with Crippen molar-refractivity contribution in [2.24, 2.45) is 11.8 Å². The van der Waals surface area contributed by atoms with Crippen LogP contribution in [-0.2, 0) is 4.79 Å². The second kappa shape index (κ2) is 6.13. The zero-order chi connectivity index (χ0) is 15.5. The minimum Gasteiger partial charge on any atom is -0.323 e. The number of nitrogens with zero attached hydrogens (tertiary/aromatic N) is 3. The van der Waals surface area contributed by atoms with Crippen LogP contribution < -0.4 is 5.32 Å². The average Bonchev–Trinajstić information content (AvgIpc) is 2.71. The van der Waals surface area contributed by atoms with Gasteiger partial charge < -0.3 is 5.32 Å². The molecule has 1 saturated heterocycles. The quantitative estimate of drug-likeness (QED) is 0.799. The smallest absolute Gasteiger partial charge is 0.323 e. The molecule has 2 fully saturated rings. The molecule has 1 saturated carbocycles. The van der Waals surface area contributed by atoms with E-state index in [4.69, 9.17) is 10.5 Å². The van der Waals surface area contributed by atoms with Crippen molar-refractivity contribution in [1.29, 1.82) is 10.5 Å². The summed E-state index contributed by atoms with van der Waals surface area (Å²) < 4.78 is 0. The lowest BCUT2D eigenvalue weighted by atomic mass is 9.73. The lowest BCUT2D eigenvalue weighted by Gasteiger charge is -2.36. The van der Waals surface area contributed by atoms with Crippen molar-refractivity contribution in [2.75, 3.05) is 6.54 Å². The third kappa shape index (κ3) is 2.71. The molecular weight excluding hydrogens is 268 g/mol. The molecule has 6 heteroatoms. The first-order valence-electron chi connectivity index (χ1n) is 7.46. The molecule has 2 rings (SSSR count). The second-order valence-electron chi connectivity index (χ2n) is 5.99. The maximum atomic E-state index is 12.7. The Balaban J connectivity index is 2.12. The maximum Gasteiger partial charge on any atom is 0.325 e. The van der Waals surface area contributed by atoms with Crippen molar-refractivity contribution in [3.8, 4) is 12.1 Å². The minimum atomic E-state index is -0.773. The molecule has 1 heterocycles. The number of hydrogen-bond acceptors (Lipinski definition) is 4. The molecule has 2 aliphatic rings. The fraction of sp³-hybridized carbons (Fsp3) is 0.733. The summed E-state index contributed by atoms with van der Waals surface area (Å²) in [6.07, 6.45) is 4.24. The van der Waals surface area contributed by atoms with Gasteiger partial charge in [-0.25, -0.2) is 4.79 Å². The number of carbonyl (C=O) groups excluding carboxylic acids is 2. The number of imide groups is 1. The Morgan fingerprint density at radius 1 is 1.43 bits per heavy atom. The normalized spacial score (nSPS) is 29.9. The molecule has 1 N–H and O–H groups in total. The molecule has 0 radical (unpaired) electrons. The summed E-state index contributed by atoms with van der Waals surface area (Å²) in [7, 11) is 0. The van der Waals surface area contributed by atoms with E-state index in [0.717, 1.165) is 19.3 Å². The molecule has 1 aliphatic carbocycles. The maximum absolute atomic E-state index is 12.7. The predicted octanol–water partition coefficient (Wildman–Crippen LogP) is 1.93.